The molecule has 17 heteroatoms. The van der Waals surface area contributed by atoms with Crippen LogP contribution in [0.4, 0.5) is 0 Å². The molecule has 4 saturated heterocycles. The van der Waals surface area contributed by atoms with Gasteiger partial charge in [0.2, 0.25) is 0 Å². The van der Waals surface area contributed by atoms with E-state index in [0.717, 1.165) is 0 Å². The minimum absolute atomic E-state index is 0.0307. The van der Waals surface area contributed by atoms with Gasteiger partial charge in [-0.25, -0.2) is 0 Å². The Morgan fingerprint density at radius 2 is 1.38 bits per heavy atom. The van der Waals surface area contributed by atoms with Gasteiger partial charge in [0.1, 0.15) is 23.6 Å². The summed E-state index contributed by atoms with van der Waals surface area (Å²) in [6.45, 7) is 8.11. The fourth-order valence-corrected chi connectivity index (χ4v) is 10.1. The summed E-state index contributed by atoms with van der Waals surface area (Å²) in [5.41, 5.74) is -7.56. The Morgan fingerprint density at radius 1 is 0.717 bits per heavy atom. The molecule has 4 aliphatic heterocycles. The third kappa shape index (κ3) is 7.42. The van der Waals surface area contributed by atoms with Crippen LogP contribution in [-0.2, 0) is 38.0 Å². The van der Waals surface area contributed by atoms with E-state index >= 15 is 0 Å². The maximum Gasteiger partial charge on any atom is 0.198 e. The van der Waals surface area contributed by atoms with Gasteiger partial charge in [0.15, 0.2) is 41.8 Å². The summed E-state index contributed by atoms with van der Waals surface area (Å²) < 4.78 is 42.7. The Hall–Kier alpha value is -3.01. The molecule has 0 amide bonds. The van der Waals surface area contributed by atoms with E-state index in [1.807, 2.05) is 6.92 Å². The second-order valence-corrected chi connectivity index (χ2v) is 17.9. The first-order chi connectivity index (χ1) is 28.2. The summed E-state index contributed by atoms with van der Waals surface area (Å²) in [5, 5.41) is 76.8. The summed E-state index contributed by atoms with van der Waals surface area (Å²) in [5.74, 6) is -3.03. The Balaban J connectivity index is 1.03. The maximum absolute atomic E-state index is 14.7. The van der Waals surface area contributed by atoms with Crippen molar-refractivity contribution < 1.29 is 83.3 Å². The molecule has 3 aliphatic carbocycles. The van der Waals surface area contributed by atoms with E-state index in [4.69, 9.17) is 33.2 Å². The average Bonchev–Trinajstić information content (AvgIpc) is 3.17. The minimum atomic E-state index is -2.47. The molecule has 0 spiro atoms. The highest BCUT2D eigenvalue weighted by molar-refractivity contribution is 6.32. The third-order valence-electron chi connectivity index (χ3n) is 13.3. The van der Waals surface area contributed by atoms with Gasteiger partial charge in [0.25, 0.3) is 0 Å². The summed E-state index contributed by atoms with van der Waals surface area (Å²) >= 11 is 0. The van der Waals surface area contributed by atoms with Gasteiger partial charge in [0.05, 0.1) is 71.7 Å². The number of rotatable bonds is 7. The van der Waals surface area contributed by atoms with Crippen molar-refractivity contribution in [2.45, 2.75) is 189 Å². The number of Topliss-reactive ketones (excluding diaryl/α,β-unsaturated/α-hetero) is 3. The number of fused-ring (bicyclic) bond motifs is 3. The highest BCUT2D eigenvalue weighted by Crippen LogP contribution is 2.55. The Labute approximate surface area is 346 Å². The van der Waals surface area contributed by atoms with Crippen LogP contribution in [-0.4, -0.2) is 150 Å². The molecule has 1 aromatic rings. The van der Waals surface area contributed by atoms with E-state index in [1.165, 1.54) is 31.2 Å². The zero-order valence-electron chi connectivity index (χ0n) is 34.3. The molecule has 0 radical (unpaired) electrons. The van der Waals surface area contributed by atoms with E-state index in [9.17, 15) is 50.1 Å². The molecular formula is C43H56O17. The van der Waals surface area contributed by atoms with Gasteiger partial charge in [-0.05, 0) is 59.6 Å². The van der Waals surface area contributed by atoms with Gasteiger partial charge >= 0.3 is 0 Å². The topological polar surface area (TPSA) is 257 Å². The molecule has 330 valence electrons. The molecule has 4 heterocycles. The fraction of sp³-hybridized carbons (Fsp3) is 0.698. The second kappa shape index (κ2) is 16.0. The highest BCUT2D eigenvalue weighted by Gasteiger charge is 2.69. The van der Waals surface area contributed by atoms with Crippen LogP contribution < -0.4 is 0 Å². The lowest BCUT2D eigenvalue weighted by atomic mass is 9.57. The summed E-state index contributed by atoms with van der Waals surface area (Å²) in [4.78, 5) is 43.5. The van der Waals surface area contributed by atoms with Crippen LogP contribution in [0.15, 0.2) is 35.4 Å². The number of phenolic OH excluding ortho intramolecular Hbond substituents is 1. The zero-order chi connectivity index (χ0) is 43.2. The molecule has 7 aliphatic rings. The van der Waals surface area contributed by atoms with Gasteiger partial charge in [-0.3, -0.25) is 14.4 Å². The lowest BCUT2D eigenvalue weighted by Gasteiger charge is -2.55. The number of ketones is 3. The van der Waals surface area contributed by atoms with E-state index in [-0.39, 0.29) is 47.9 Å². The fourth-order valence-electron chi connectivity index (χ4n) is 10.1. The number of hydrogen-bond donors (Lipinski definition) is 7. The van der Waals surface area contributed by atoms with Crippen molar-refractivity contribution in [3.63, 3.8) is 0 Å². The molecular weight excluding hydrogens is 788 g/mol. The zero-order valence-corrected chi connectivity index (χ0v) is 34.3. The largest absolute Gasteiger partial charge is 0.507 e. The monoisotopic (exact) mass is 844 g/mol. The van der Waals surface area contributed by atoms with E-state index in [2.05, 4.69) is 0 Å². The van der Waals surface area contributed by atoms with E-state index in [0.29, 0.717) is 12.8 Å². The van der Waals surface area contributed by atoms with Gasteiger partial charge in [0, 0.05) is 55.2 Å². The van der Waals surface area contributed by atoms with Crippen molar-refractivity contribution in [2.24, 2.45) is 0 Å². The first kappa shape index (κ1) is 43.6. The Kier molecular flexibility index (Phi) is 11.6. The SMILES string of the molecule is C[C@@H]1O[C@H](O[C@H]2CC[C@H](O[C@@H]3C[C@@H](c4ccc5c(c4O)C(=O)C4=C(C5=O)[C@@]5(O[C@H]6CC[C@H](O)[C@@H](C)O6)C(=O)C[C@](C)(O)C[C@@]5(O)C=C4)O[C@@H](C)[C@@H]3O)O[C@H]2C)C[C@H](O)[C@H]1O. The molecule has 60 heavy (non-hydrogen) atoms. The van der Waals surface area contributed by atoms with Crippen molar-refractivity contribution >= 4 is 17.3 Å². The summed E-state index contributed by atoms with van der Waals surface area (Å²) in [6, 6.07) is 2.78. The maximum atomic E-state index is 14.7. The Morgan fingerprint density at radius 3 is 2.08 bits per heavy atom. The number of hydrogen-bond acceptors (Lipinski definition) is 17. The van der Waals surface area contributed by atoms with Gasteiger partial charge in [-0.2, -0.15) is 0 Å². The number of aliphatic hydroxyl groups excluding tert-OH is 4. The van der Waals surface area contributed by atoms with Gasteiger partial charge in [-0.15, -0.1) is 0 Å². The number of carbonyl (C=O) groups excluding carboxylic acids is 3. The van der Waals surface area contributed by atoms with Gasteiger partial charge in [-0.1, -0.05) is 12.1 Å². The van der Waals surface area contributed by atoms with Crippen LogP contribution in [0.1, 0.15) is 118 Å². The molecule has 7 N–H and O–H groups in total. The number of phenols is 1. The average molecular weight is 845 g/mol. The van der Waals surface area contributed by atoms with Crippen LogP contribution in [0.25, 0.3) is 0 Å². The standard InChI is InChI=1S/C43H56O17/c1-18-25(44)8-10-32(55-18)60-43-30(46)16-41(5,52)17-42(43,53)13-12-24-35(43)40(51)23-7-6-22(38(49)34(23)39(24)50)28-15-29(37(48)21(4)54-28)59-31-11-9-27(19(2)56-31)58-33-14-26(45)36(47)20(3)57-33/h6-7,12-13,18-21,25-29,31-33,36-37,44-45,47-49,52-53H,8-11,14-17H2,1-5H3/t18-,19+,20+,21+,25+,26+,27+,28+,29-,31+,32+,33-,36+,37+,41+,42+,43+/m1/s1. The quantitative estimate of drug-likeness (QED) is 0.205. The number of allylic oxidation sites excluding steroid dienone is 2. The number of aromatic hydroxyl groups is 1. The van der Waals surface area contributed by atoms with Crippen LogP contribution in [0.5, 0.6) is 5.75 Å². The molecule has 0 bridgehead atoms. The number of aliphatic hydroxyl groups is 6. The van der Waals surface area contributed by atoms with Crippen molar-refractivity contribution in [3.8, 4) is 5.75 Å². The minimum Gasteiger partial charge on any atom is -0.507 e. The number of ether oxygens (including phenoxy) is 7. The molecule has 0 aromatic heterocycles. The number of carbonyl (C=O) groups is 3. The normalized spacial score (nSPS) is 45.9. The third-order valence-corrected chi connectivity index (χ3v) is 13.3. The van der Waals surface area contributed by atoms with E-state index in [1.54, 1.807) is 20.8 Å². The van der Waals surface area contributed by atoms with Crippen molar-refractivity contribution in [1.82, 2.24) is 0 Å². The van der Waals surface area contributed by atoms with Crippen molar-refractivity contribution in [2.75, 3.05) is 0 Å². The van der Waals surface area contributed by atoms with Crippen LogP contribution in [0.3, 0.4) is 0 Å². The molecule has 17 atom stereocenters. The predicted octanol–water partition coefficient (Wildman–Crippen LogP) is 1.49. The van der Waals surface area contributed by atoms with Crippen LogP contribution >= 0.6 is 0 Å². The molecule has 17 nitrogen and oxygen atoms in total. The molecule has 1 saturated carbocycles. The smallest absolute Gasteiger partial charge is 0.198 e. The van der Waals surface area contributed by atoms with Gasteiger partial charge < -0.3 is 68.9 Å². The van der Waals surface area contributed by atoms with E-state index < -0.39 is 144 Å². The van der Waals surface area contributed by atoms with Crippen molar-refractivity contribution in [3.05, 3.63) is 52.1 Å². The highest BCUT2D eigenvalue weighted by atomic mass is 16.7. The molecule has 0 unspecified atom stereocenters. The van der Waals surface area contributed by atoms with Crippen LogP contribution in [0, 0.1) is 0 Å². The lowest BCUT2D eigenvalue weighted by molar-refractivity contribution is -0.306. The first-order valence-corrected chi connectivity index (χ1v) is 20.9. The predicted molar refractivity (Wildman–Crippen MR) is 204 cm³/mol. The molecule has 1 aromatic carbocycles. The number of benzene rings is 1. The first-order valence-electron chi connectivity index (χ1n) is 20.9. The Bertz CT molecular complexity index is 1930. The van der Waals surface area contributed by atoms with Crippen LogP contribution in [0.2, 0.25) is 0 Å². The lowest BCUT2D eigenvalue weighted by Crippen LogP contribution is -2.71. The summed E-state index contributed by atoms with van der Waals surface area (Å²) in [6.07, 6.45) is -8.39. The molecule has 5 fully saturated rings. The summed E-state index contributed by atoms with van der Waals surface area (Å²) in [7, 11) is 0. The van der Waals surface area contributed by atoms with Crippen molar-refractivity contribution in [1.29, 1.82) is 0 Å². The molecule has 8 rings (SSSR count). The second-order valence-electron chi connectivity index (χ2n) is 17.9.